The first-order chi connectivity index (χ1) is 9.92. The third kappa shape index (κ3) is 3.99. The van der Waals surface area contributed by atoms with Gasteiger partial charge in [-0.15, -0.1) is 11.3 Å². The lowest BCUT2D eigenvalue weighted by molar-refractivity contribution is 0.350. The molecule has 2 aromatic rings. The van der Waals surface area contributed by atoms with Crippen LogP contribution in [0.2, 0.25) is 5.02 Å². The molecule has 2 rings (SSSR count). The van der Waals surface area contributed by atoms with E-state index in [0.717, 1.165) is 4.88 Å². The summed E-state index contributed by atoms with van der Waals surface area (Å²) in [4.78, 5) is 0.907. The summed E-state index contributed by atoms with van der Waals surface area (Å²) in [5, 5.41) is 8.96. The van der Waals surface area contributed by atoms with Crippen molar-refractivity contribution < 1.29 is 13.5 Å². The molecule has 21 heavy (non-hydrogen) atoms. The van der Waals surface area contributed by atoms with E-state index in [1.807, 2.05) is 6.92 Å². The smallest absolute Gasteiger partial charge is 0.271 e. The van der Waals surface area contributed by atoms with Crippen molar-refractivity contribution in [1.82, 2.24) is 0 Å². The number of aliphatic hydroxyl groups is 1. The highest BCUT2D eigenvalue weighted by Crippen LogP contribution is 2.28. The number of nitrogens with one attached hydrogen (secondary N) is 1. The van der Waals surface area contributed by atoms with Crippen LogP contribution in [-0.2, 0) is 10.0 Å². The van der Waals surface area contributed by atoms with Crippen molar-refractivity contribution in [2.75, 3.05) is 11.3 Å². The fraction of sp³-hybridized carbons (Fsp3) is 0.143. The number of rotatable bonds is 3. The first-order valence-corrected chi connectivity index (χ1v) is 8.58. The average Bonchev–Trinajstić information content (AvgIpc) is 2.87. The van der Waals surface area contributed by atoms with E-state index < -0.39 is 10.0 Å². The number of thiophene rings is 1. The van der Waals surface area contributed by atoms with Crippen molar-refractivity contribution in [2.45, 2.75) is 11.1 Å². The van der Waals surface area contributed by atoms with Gasteiger partial charge in [-0.05, 0) is 37.3 Å². The molecule has 0 atom stereocenters. The van der Waals surface area contributed by atoms with Crippen LogP contribution in [0.5, 0.6) is 0 Å². The Morgan fingerprint density at radius 1 is 1.33 bits per heavy atom. The van der Waals surface area contributed by atoms with Gasteiger partial charge in [-0.1, -0.05) is 23.4 Å². The summed E-state index contributed by atoms with van der Waals surface area (Å²) >= 11 is 7.19. The number of hydrogen-bond donors (Lipinski definition) is 2. The number of hydrogen-bond acceptors (Lipinski definition) is 4. The highest BCUT2D eigenvalue weighted by molar-refractivity contribution is 7.94. The summed E-state index contributed by atoms with van der Waals surface area (Å²) in [5.41, 5.74) is 0.820. The Morgan fingerprint density at radius 2 is 2.10 bits per heavy atom. The van der Waals surface area contributed by atoms with Gasteiger partial charge in [0.1, 0.15) is 10.8 Å². The lowest BCUT2D eigenvalue weighted by Crippen LogP contribution is -2.11. The number of anilines is 1. The Bertz CT molecular complexity index is 816. The lowest BCUT2D eigenvalue weighted by atomic mass is 10.2. The Hall–Kier alpha value is -1.52. The van der Waals surface area contributed by atoms with E-state index in [2.05, 4.69) is 16.6 Å². The number of sulfonamides is 1. The molecule has 0 aliphatic carbocycles. The van der Waals surface area contributed by atoms with Gasteiger partial charge in [0.2, 0.25) is 0 Å². The number of aryl methyl sites for hydroxylation is 1. The molecule has 2 N–H and O–H groups in total. The molecule has 0 unspecified atom stereocenters. The van der Waals surface area contributed by atoms with Crippen LogP contribution in [0.4, 0.5) is 5.69 Å². The third-order valence-corrected chi connectivity index (χ3v) is 5.69. The molecule has 0 bridgehead atoms. The Kier molecular flexibility index (Phi) is 4.91. The average molecular weight is 342 g/mol. The zero-order valence-corrected chi connectivity index (χ0v) is 13.4. The van der Waals surface area contributed by atoms with Crippen LogP contribution in [-0.4, -0.2) is 20.1 Å². The summed E-state index contributed by atoms with van der Waals surface area (Å²) in [5.74, 6) is 5.20. The quantitative estimate of drug-likeness (QED) is 0.844. The van der Waals surface area contributed by atoms with Gasteiger partial charge in [-0.2, -0.15) is 0 Å². The molecule has 0 aliphatic heterocycles. The van der Waals surface area contributed by atoms with Crippen LogP contribution >= 0.6 is 22.9 Å². The first-order valence-electron chi connectivity index (χ1n) is 5.91. The highest BCUT2D eigenvalue weighted by atomic mass is 35.5. The van der Waals surface area contributed by atoms with Gasteiger partial charge in [0.25, 0.3) is 10.0 Å². The van der Waals surface area contributed by atoms with Crippen LogP contribution in [0, 0.1) is 18.8 Å². The largest absolute Gasteiger partial charge is 0.384 e. The molecule has 0 radical (unpaired) electrons. The Balaban J connectivity index is 2.34. The number of aliphatic hydroxyl groups excluding tert-OH is 1. The summed E-state index contributed by atoms with van der Waals surface area (Å²) in [7, 11) is -3.67. The van der Waals surface area contributed by atoms with Crippen molar-refractivity contribution >= 4 is 38.6 Å². The second-order valence-corrected chi connectivity index (χ2v) is 7.73. The van der Waals surface area contributed by atoms with Gasteiger partial charge in [0.15, 0.2) is 0 Å². The first kappa shape index (κ1) is 15.9. The van der Waals surface area contributed by atoms with Crippen molar-refractivity contribution in [3.63, 3.8) is 0 Å². The Labute approximate surface area is 132 Å². The minimum Gasteiger partial charge on any atom is -0.384 e. The van der Waals surface area contributed by atoms with Gasteiger partial charge in [0.05, 0.1) is 10.7 Å². The maximum Gasteiger partial charge on any atom is 0.271 e. The molecule has 4 nitrogen and oxygen atoms in total. The molecule has 7 heteroatoms. The van der Waals surface area contributed by atoms with Crippen molar-refractivity contribution in [2.24, 2.45) is 0 Å². The summed E-state index contributed by atoms with van der Waals surface area (Å²) in [6.45, 7) is 1.57. The molecule has 1 aromatic heterocycles. The van der Waals surface area contributed by atoms with E-state index in [4.69, 9.17) is 16.7 Å². The number of halogens is 1. The van der Waals surface area contributed by atoms with Gasteiger partial charge in [-0.3, -0.25) is 4.72 Å². The number of benzene rings is 1. The second kappa shape index (κ2) is 6.50. The third-order valence-electron chi connectivity index (χ3n) is 2.50. The van der Waals surface area contributed by atoms with Crippen molar-refractivity contribution in [3.05, 3.63) is 45.8 Å². The van der Waals surface area contributed by atoms with Crippen LogP contribution in [0.25, 0.3) is 0 Å². The van der Waals surface area contributed by atoms with E-state index in [9.17, 15) is 8.42 Å². The fourth-order valence-corrected chi connectivity index (χ4v) is 4.15. The van der Waals surface area contributed by atoms with Crippen LogP contribution in [0.15, 0.2) is 34.5 Å². The second-order valence-electron chi connectivity index (χ2n) is 4.13. The molecule has 0 spiro atoms. The minimum absolute atomic E-state index is 0.225. The zero-order valence-electron chi connectivity index (χ0n) is 11.1. The predicted octanol–water partition coefficient (Wildman–Crippen LogP) is 2.85. The van der Waals surface area contributed by atoms with E-state index in [0.29, 0.717) is 5.56 Å². The molecule has 0 aliphatic rings. The molecule has 0 amide bonds. The SMILES string of the molecule is Cc1ccc(S(=O)(=O)Nc2cc(C#CCO)ccc2Cl)s1. The van der Waals surface area contributed by atoms with E-state index in [1.54, 1.807) is 24.3 Å². The molecule has 0 saturated heterocycles. The molecule has 1 aromatic carbocycles. The van der Waals surface area contributed by atoms with E-state index in [1.165, 1.54) is 17.4 Å². The Morgan fingerprint density at radius 3 is 2.71 bits per heavy atom. The maximum absolute atomic E-state index is 12.3. The zero-order chi connectivity index (χ0) is 15.5. The van der Waals surface area contributed by atoms with Gasteiger partial charge < -0.3 is 5.11 Å². The highest BCUT2D eigenvalue weighted by Gasteiger charge is 2.17. The topological polar surface area (TPSA) is 66.4 Å². The normalized spacial score (nSPS) is 10.8. The molecular formula is C14H12ClNO3S2. The summed E-state index contributed by atoms with van der Waals surface area (Å²) in [6, 6.07) is 8.02. The van der Waals surface area contributed by atoms with Crippen LogP contribution in [0.3, 0.4) is 0 Å². The molecule has 110 valence electrons. The fourth-order valence-electron chi connectivity index (χ4n) is 1.57. The predicted molar refractivity (Wildman–Crippen MR) is 85.3 cm³/mol. The van der Waals surface area contributed by atoms with Crippen LogP contribution < -0.4 is 4.72 Å². The minimum atomic E-state index is -3.67. The van der Waals surface area contributed by atoms with E-state index in [-0.39, 0.29) is 21.5 Å². The summed E-state index contributed by atoms with van der Waals surface area (Å²) in [6.07, 6.45) is 0. The van der Waals surface area contributed by atoms with Gasteiger partial charge in [-0.25, -0.2) is 8.42 Å². The summed E-state index contributed by atoms with van der Waals surface area (Å²) < 4.78 is 27.2. The standard InChI is InChI=1S/C14H12ClNO3S2/c1-10-4-7-14(20-10)21(18,19)16-13-9-11(3-2-8-17)5-6-12(13)15/h4-7,9,16-17H,8H2,1H3. The van der Waals surface area contributed by atoms with Crippen molar-refractivity contribution in [1.29, 1.82) is 0 Å². The molecule has 1 heterocycles. The lowest BCUT2D eigenvalue weighted by Gasteiger charge is -2.08. The van der Waals surface area contributed by atoms with E-state index >= 15 is 0 Å². The monoisotopic (exact) mass is 341 g/mol. The maximum atomic E-state index is 12.3. The van der Waals surface area contributed by atoms with Crippen LogP contribution in [0.1, 0.15) is 10.4 Å². The molecular weight excluding hydrogens is 330 g/mol. The van der Waals surface area contributed by atoms with Crippen molar-refractivity contribution in [3.8, 4) is 11.8 Å². The van der Waals surface area contributed by atoms with Gasteiger partial charge in [0, 0.05) is 10.4 Å². The molecule has 0 saturated carbocycles. The van der Waals surface area contributed by atoms with Gasteiger partial charge >= 0.3 is 0 Å². The molecule has 0 fully saturated rings.